The molecule has 0 aliphatic heterocycles. The molecule has 5 nitrogen and oxygen atoms in total. The Morgan fingerprint density at radius 2 is 2.07 bits per heavy atom. The second-order valence-corrected chi connectivity index (χ2v) is 3.01. The zero-order valence-electron chi connectivity index (χ0n) is 8.14. The zero-order chi connectivity index (χ0) is 11.1. The fourth-order valence-electron chi connectivity index (χ4n) is 1.16. The summed E-state index contributed by atoms with van der Waals surface area (Å²) < 4.78 is 0. The molecule has 1 aromatic rings. The minimum atomic E-state index is -0.419. The molecule has 0 aromatic heterocycles. The third-order valence-electron chi connectivity index (χ3n) is 1.94. The fourth-order valence-corrected chi connectivity index (χ4v) is 1.16. The second-order valence-electron chi connectivity index (χ2n) is 3.01. The molecule has 5 heteroatoms. The zero-order valence-corrected chi connectivity index (χ0v) is 8.14. The number of non-ortho nitro benzene ring substituents is 1. The molecule has 0 amide bonds. The van der Waals surface area contributed by atoms with E-state index in [1.54, 1.807) is 12.1 Å². The highest BCUT2D eigenvalue weighted by molar-refractivity contribution is 5.32. The van der Waals surface area contributed by atoms with Gasteiger partial charge < -0.3 is 5.32 Å². The number of rotatable bonds is 5. The van der Waals surface area contributed by atoms with Crippen molar-refractivity contribution >= 4 is 5.69 Å². The maximum Gasteiger partial charge on any atom is 0.269 e. The van der Waals surface area contributed by atoms with Crippen LogP contribution < -0.4 is 5.32 Å². The second kappa shape index (κ2) is 5.73. The van der Waals surface area contributed by atoms with Crippen molar-refractivity contribution in [3.63, 3.8) is 0 Å². The molecule has 0 saturated carbocycles. The minimum absolute atomic E-state index is 0.101. The molecule has 0 unspecified atom stereocenters. The van der Waals surface area contributed by atoms with Crippen LogP contribution in [-0.2, 0) is 6.42 Å². The maximum absolute atomic E-state index is 10.4. The molecule has 0 bridgehead atoms. The Morgan fingerprint density at radius 3 is 2.60 bits per heavy atom. The Hall–Kier alpha value is -1.93. The van der Waals surface area contributed by atoms with Gasteiger partial charge in [0.1, 0.15) is 0 Å². The lowest BCUT2D eigenvalue weighted by atomic mass is 10.1. The molecule has 1 N–H and O–H groups in total. The number of nitriles is 1. The van der Waals surface area contributed by atoms with E-state index in [1.807, 2.05) is 6.07 Å². The number of nitrogens with zero attached hydrogens (tertiary/aromatic N) is 2. The van der Waals surface area contributed by atoms with Gasteiger partial charge >= 0.3 is 0 Å². The largest absolute Gasteiger partial charge is 0.304 e. The van der Waals surface area contributed by atoms with Crippen LogP contribution in [0.1, 0.15) is 5.56 Å². The van der Waals surface area contributed by atoms with Gasteiger partial charge in [0.05, 0.1) is 17.5 Å². The van der Waals surface area contributed by atoms with E-state index >= 15 is 0 Å². The number of hydrogen-bond donors (Lipinski definition) is 1. The summed E-state index contributed by atoms with van der Waals surface area (Å²) in [6.45, 7) is 1.03. The predicted octanol–water partition coefficient (Wildman–Crippen LogP) is 1.25. The number of nitro groups is 1. The quantitative estimate of drug-likeness (QED) is 0.339. The van der Waals surface area contributed by atoms with Gasteiger partial charge in [0.15, 0.2) is 0 Å². The number of nitrogens with one attached hydrogen (secondary N) is 1. The van der Waals surface area contributed by atoms with E-state index in [1.165, 1.54) is 12.1 Å². The molecule has 78 valence electrons. The highest BCUT2D eigenvalue weighted by Crippen LogP contribution is 2.11. The van der Waals surface area contributed by atoms with E-state index in [2.05, 4.69) is 5.32 Å². The maximum atomic E-state index is 10.4. The number of benzene rings is 1. The average Bonchev–Trinajstić information content (AvgIpc) is 2.25. The van der Waals surface area contributed by atoms with Gasteiger partial charge in [0.25, 0.3) is 5.69 Å². The van der Waals surface area contributed by atoms with Crippen LogP contribution >= 0.6 is 0 Å². The molecule has 0 saturated heterocycles. The molecule has 0 atom stereocenters. The first-order valence-corrected chi connectivity index (χ1v) is 4.55. The smallest absolute Gasteiger partial charge is 0.269 e. The van der Waals surface area contributed by atoms with Gasteiger partial charge in [-0.2, -0.15) is 5.26 Å². The number of nitro benzene ring substituents is 1. The summed E-state index contributed by atoms with van der Waals surface area (Å²) in [5.74, 6) is 0. The van der Waals surface area contributed by atoms with Crippen LogP contribution in [0.5, 0.6) is 0 Å². The summed E-state index contributed by atoms with van der Waals surface area (Å²) in [5, 5.41) is 21.6. The SMILES string of the molecule is N#CCNCCc1ccc([N+](=O)[O-])cc1. The molecule has 0 radical (unpaired) electrons. The van der Waals surface area contributed by atoms with Gasteiger partial charge in [0, 0.05) is 18.7 Å². The third-order valence-corrected chi connectivity index (χ3v) is 1.94. The Kier molecular flexibility index (Phi) is 4.26. The molecule has 1 aromatic carbocycles. The van der Waals surface area contributed by atoms with E-state index in [4.69, 9.17) is 5.26 Å². The lowest BCUT2D eigenvalue weighted by molar-refractivity contribution is -0.384. The molecule has 0 fully saturated rings. The normalized spacial score (nSPS) is 9.53. The summed E-state index contributed by atoms with van der Waals surface area (Å²) in [7, 11) is 0. The fraction of sp³-hybridized carbons (Fsp3) is 0.300. The van der Waals surface area contributed by atoms with Crippen LogP contribution in [0.25, 0.3) is 0 Å². The Morgan fingerprint density at radius 1 is 1.40 bits per heavy atom. The Bertz CT molecular complexity index is 367. The lowest BCUT2D eigenvalue weighted by Crippen LogP contribution is -2.17. The van der Waals surface area contributed by atoms with Crippen LogP contribution in [-0.4, -0.2) is 18.0 Å². The van der Waals surface area contributed by atoms with Gasteiger partial charge in [-0.3, -0.25) is 10.1 Å². The summed E-state index contributed by atoms with van der Waals surface area (Å²) in [5.41, 5.74) is 1.12. The average molecular weight is 205 g/mol. The van der Waals surface area contributed by atoms with Crippen molar-refractivity contribution in [2.45, 2.75) is 6.42 Å². The van der Waals surface area contributed by atoms with E-state index in [0.717, 1.165) is 12.0 Å². The first kappa shape index (κ1) is 11.1. The molecular weight excluding hydrogens is 194 g/mol. The van der Waals surface area contributed by atoms with E-state index < -0.39 is 4.92 Å². The highest BCUT2D eigenvalue weighted by atomic mass is 16.6. The monoisotopic (exact) mass is 205 g/mol. The highest BCUT2D eigenvalue weighted by Gasteiger charge is 2.03. The van der Waals surface area contributed by atoms with Crippen LogP contribution in [0, 0.1) is 21.4 Å². The first-order chi connectivity index (χ1) is 7.24. The van der Waals surface area contributed by atoms with E-state index in [9.17, 15) is 10.1 Å². The minimum Gasteiger partial charge on any atom is -0.304 e. The molecule has 1 rings (SSSR count). The van der Waals surface area contributed by atoms with Crippen molar-refractivity contribution in [2.75, 3.05) is 13.1 Å². The van der Waals surface area contributed by atoms with Gasteiger partial charge in [-0.25, -0.2) is 0 Å². The van der Waals surface area contributed by atoms with Gasteiger partial charge in [-0.05, 0) is 12.0 Å². The van der Waals surface area contributed by atoms with Crippen molar-refractivity contribution in [1.82, 2.24) is 5.32 Å². The van der Waals surface area contributed by atoms with Crippen molar-refractivity contribution < 1.29 is 4.92 Å². The molecular formula is C10H11N3O2. The van der Waals surface area contributed by atoms with Crippen LogP contribution in [0.4, 0.5) is 5.69 Å². The standard InChI is InChI=1S/C10H11N3O2/c11-6-8-12-7-5-9-1-3-10(4-2-9)13(14)15/h1-4,12H,5,7-8H2. The van der Waals surface area contributed by atoms with Crippen molar-refractivity contribution in [2.24, 2.45) is 0 Å². The van der Waals surface area contributed by atoms with E-state index in [-0.39, 0.29) is 5.69 Å². The summed E-state index contributed by atoms with van der Waals surface area (Å²) in [6.07, 6.45) is 0.764. The van der Waals surface area contributed by atoms with Crippen LogP contribution in [0.15, 0.2) is 24.3 Å². The Labute approximate surface area is 87.5 Å². The third kappa shape index (κ3) is 3.75. The number of hydrogen-bond acceptors (Lipinski definition) is 4. The molecule has 0 heterocycles. The van der Waals surface area contributed by atoms with Crippen molar-refractivity contribution in [3.8, 4) is 6.07 Å². The van der Waals surface area contributed by atoms with Gasteiger partial charge in [-0.15, -0.1) is 0 Å². The molecule has 0 aliphatic carbocycles. The molecule has 15 heavy (non-hydrogen) atoms. The van der Waals surface area contributed by atoms with Crippen molar-refractivity contribution in [1.29, 1.82) is 5.26 Å². The van der Waals surface area contributed by atoms with E-state index in [0.29, 0.717) is 13.1 Å². The predicted molar refractivity (Wildman–Crippen MR) is 55.3 cm³/mol. The first-order valence-electron chi connectivity index (χ1n) is 4.55. The molecule has 0 spiro atoms. The van der Waals surface area contributed by atoms with Crippen LogP contribution in [0.3, 0.4) is 0 Å². The van der Waals surface area contributed by atoms with Crippen LogP contribution in [0.2, 0.25) is 0 Å². The molecule has 0 aliphatic rings. The van der Waals surface area contributed by atoms with Gasteiger partial charge in [-0.1, -0.05) is 12.1 Å². The summed E-state index contributed by atoms with van der Waals surface area (Å²) in [6, 6.07) is 8.41. The Balaban J connectivity index is 2.43. The summed E-state index contributed by atoms with van der Waals surface area (Å²) in [4.78, 5) is 9.95. The lowest BCUT2D eigenvalue weighted by Gasteiger charge is -2.00. The summed E-state index contributed by atoms with van der Waals surface area (Å²) >= 11 is 0. The van der Waals surface area contributed by atoms with Gasteiger partial charge in [0.2, 0.25) is 0 Å². The van der Waals surface area contributed by atoms with Crippen molar-refractivity contribution in [3.05, 3.63) is 39.9 Å². The topological polar surface area (TPSA) is 79.0 Å².